The van der Waals surface area contributed by atoms with Crippen LogP contribution in [0.25, 0.3) is 0 Å². The van der Waals surface area contributed by atoms with Gasteiger partial charge in [-0.2, -0.15) is 0 Å². The highest BCUT2D eigenvalue weighted by Crippen LogP contribution is 2.43. The van der Waals surface area contributed by atoms with Gasteiger partial charge in [0.25, 0.3) is 0 Å². The monoisotopic (exact) mass is 339 g/mol. The van der Waals surface area contributed by atoms with E-state index in [1.54, 1.807) is 6.92 Å². The van der Waals surface area contributed by atoms with E-state index in [0.29, 0.717) is 25.2 Å². The van der Waals surface area contributed by atoms with Crippen molar-refractivity contribution in [3.63, 3.8) is 0 Å². The quantitative estimate of drug-likeness (QED) is 0.859. The number of hydrogen-bond acceptors (Lipinski definition) is 4. The van der Waals surface area contributed by atoms with Gasteiger partial charge in [-0.3, -0.25) is 0 Å². The Kier molecular flexibility index (Phi) is 4.46. The Labute approximate surface area is 148 Å². The summed E-state index contributed by atoms with van der Waals surface area (Å²) < 4.78 is 12.0. The van der Waals surface area contributed by atoms with Crippen molar-refractivity contribution in [2.24, 2.45) is 0 Å². The van der Waals surface area contributed by atoms with Crippen LogP contribution >= 0.6 is 0 Å². The Balaban J connectivity index is 1.95. The van der Waals surface area contributed by atoms with Gasteiger partial charge in [-0.15, -0.1) is 0 Å². The fourth-order valence-corrected chi connectivity index (χ4v) is 3.32. The van der Waals surface area contributed by atoms with Gasteiger partial charge in [0.05, 0.1) is 5.97 Å². The predicted molar refractivity (Wildman–Crippen MR) is 93.8 cm³/mol. The van der Waals surface area contributed by atoms with E-state index >= 15 is 0 Å². The van der Waals surface area contributed by atoms with Gasteiger partial charge in [0.1, 0.15) is 23.7 Å². The van der Waals surface area contributed by atoms with Gasteiger partial charge in [-0.05, 0) is 62.8 Å². The minimum atomic E-state index is -1.27. The number of carbonyl (C=O) groups excluding carboxylic acids is 1. The second-order valence-electron chi connectivity index (χ2n) is 6.91. The second kappa shape index (κ2) is 6.43. The molecule has 0 fully saturated rings. The first-order chi connectivity index (χ1) is 11.8. The molecule has 3 rings (SSSR count). The smallest absolute Gasteiger partial charge is 0.146 e. The maximum Gasteiger partial charge on any atom is 0.146 e. The van der Waals surface area contributed by atoms with Crippen molar-refractivity contribution in [2.75, 3.05) is 0 Å². The van der Waals surface area contributed by atoms with E-state index in [2.05, 4.69) is 0 Å². The lowest BCUT2D eigenvalue weighted by atomic mass is 9.87. The molecule has 0 saturated carbocycles. The van der Waals surface area contributed by atoms with Crippen molar-refractivity contribution in [3.05, 3.63) is 58.1 Å². The van der Waals surface area contributed by atoms with Crippen molar-refractivity contribution >= 4 is 5.97 Å². The number of hydrogen-bond donors (Lipinski definition) is 0. The van der Waals surface area contributed by atoms with Gasteiger partial charge in [0.15, 0.2) is 0 Å². The third kappa shape index (κ3) is 3.09. The molecule has 1 atom stereocenters. The summed E-state index contributed by atoms with van der Waals surface area (Å²) in [4.78, 5) is 11.4. The molecular formula is C21H23O4-. The molecule has 2 aromatic carbocycles. The Morgan fingerprint density at radius 2 is 1.84 bits per heavy atom. The zero-order chi connectivity index (χ0) is 18.2. The molecule has 0 amide bonds. The van der Waals surface area contributed by atoms with Crippen LogP contribution in [-0.4, -0.2) is 11.6 Å². The van der Waals surface area contributed by atoms with Gasteiger partial charge in [-0.1, -0.05) is 30.3 Å². The van der Waals surface area contributed by atoms with Crippen molar-refractivity contribution < 1.29 is 19.4 Å². The summed E-state index contributed by atoms with van der Waals surface area (Å²) in [6.45, 7) is 8.02. The largest absolute Gasteiger partial charge is 0.546 e. The summed E-state index contributed by atoms with van der Waals surface area (Å²) >= 11 is 0. The van der Waals surface area contributed by atoms with Crippen LogP contribution in [0.2, 0.25) is 0 Å². The number of carboxylic acid groups (broad SMARTS) is 1. The van der Waals surface area contributed by atoms with Gasteiger partial charge >= 0.3 is 0 Å². The van der Waals surface area contributed by atoms with E-state index < -0.39 is 11.6 Å². The number of ether oxygens (including phenoxy) is 2. The van der Waals surface area contributed by atoms with Gasteiger partial charge in [-0.25, -0.2) is 0 Å². The van der Waals surface area contributed by atoms with Crippen LogP contribution in [0.5, 0.6) is 11.5 Å². The highest BCUT2D eigenvalue weighted by atomic mass is 16.5. The normalized spacial score (nSPS) is 19.0. The topological polar surface area (TPSA) is 58.6 Å². The molecule has 1 aliphatic heterocycles. The first-order valence-electron chi connectivity index (χ1n) is 8.53. The third-order valence-electron chi connectivity index (χ3n) is 5.15. The molecule has 0 N–H and O–H groups in total. The zero-order valence-electron chi connectivity index (χ0n) is 15.1. The van der Waals surface area contributed by atoms with E-state index in [4.69, 9.17) is 9.47 Å². The van der Waals surface area contributed by atoms with Gasteiger partial charge < -0.3 is 19.4 Å². The zero-order valence-corrected chi connectivity index (χ0v) is 15.1. The van der Waals surface area contributed by atoms with E-state index in [1.165, 1.54) is 0 Å². The molecule has 0 aromatic heterocycles. The molecule has 0 radical (unpaired) electrons. The summed E-state index contributed by atoms with van der Waals surface area (Å²) in [6.07, 6.45) is 1.03. The lowest BCUT2D eigenvalue weighted by Crippen LogP contribution is -2.52. The molecule has 0 spiro atoms. The van der Waals surface area contributed by atoms with Crippen LogP contribution in [-0.2, 0) is 17.8 Å². The molecule has 132 valence electrons. The first-order valence-corrected chi connectivity index (χ1v) is 8.53. The maximum atomic E-state index is 11.4. The number of carboxylic acids is 1. The van der Waals surface area contributed by atoms with Crippen molar-refractivity contribution in [1.82, 2.24) is 0 Å². The molecule has 1 heterocycles. The Morgan fingerprint density at radius 3 is 2.48 bits per heavy atom. The minimum absolute atomic E-state index is 0.393. The Morgan fingerprint density at radius 1 is 1.16 bits per heavy atom. The highest BCUT2D eigenvalue weighted by Gasteiger charge is 2.36. The molecule has 1 aliphatic rings. The van der Waals surface area contributed by atoms with Crippen LogP contribution in [0.15, 0.2) is 30.3 Å². The molecule has 0 aliphatic carbocycles. The summed E-state index contributed by atoms with van der Waals surface area (Å²) in [5.41, 5.74) is 3.80. The molecular weight excluding hydrogens is 316 g/mol. The molecule has 2 aromatic rings. The van der Waals surface area contributed by atoms with Crippen LogP contribution in [0.3, 0.4) is 0 Å². The number of fused-ring (bicyclic) bond motifs is 1. The third-order valence-corrected chi connectivity index (χ3v) is 5.15. The summed E-state index contributed by atoms with van der Waals surface area (Å²) in [6, 6.07) is 10.0. The maximum absolute atomic E-state index is 11.4. The van der Waals surface area contributed by atoms with Gasteiger partial charge in [0.2, 0.25) is 0 Å². The second-order valence-corrected chi connectivity index (χ2v) is 6.91. The summed E-state index contributed by atoms with van der Waals surface area (Å²) in [5.74, 6) is 0.359. The average Bonchev–Trinajstić information content (AvgIpc) is 2.60. The van der Waals surface area contributed by atoms with Crippen LogP contribution in [0, 0.1) is 20.8 Å². The predicted octanol–water partition coefficient (Wildman–Crippen LogP) is 3.02. The molecule has 1 unspecified atom stereocenters. The van der Waals surface area contributed by atoms with E-state index in [1.807, 2.05) is 51.1 Å². The molecule has 4 heteroatoms. The Hall–Kier alpha value is -2.49. The number of benzene rings is 2. The lowest BCUT2D eigenvalue weighted by Gasteiger charge is -2.38. The van der Waals surface area contributed by atoms with Crippen molar-refractivity contribution in [1.29, 1.82) is 0 Å². The standard InChI is InChI=1S/C21H24O4/c1-13-14(2)19-17(10-11-21(4,25-19)20(22)23)15(3)18(13)24-12-16-8-6-5-7-9-16/h5-9H,10-12H2,1-4H3,(H,22,23)/p-1. The fourth-order valence-electron chi connectivity index (χ4n) is 3.32. The SMILES string of the molecule is Cc1c(C)c2c(c(C)c1OCc1ccccc1)CCC(C)(C(=O)[O-])O2. The van der Waals surface area contributed by atoms with Crippen LogP contribution in [0.1, 0.15) is 41.2 Å². The summed E-state index contributed by atoms with van der Waals surface area (Å²) in [7, 11) is 0. The molecule has 4 nitrogen and oxygen atoms in total. The van der Waals surface area contributed by atoms with Crippen molar-refractivity contribution in [2.45, 2.75) is 52.7 Å². The van der Waals surface area contributed by atoms with E-state index in [-0.39, 0.29) is 0 Å². The van der Waals surface area contributed by atoms with Crippen LogP contribution < -0.4 is 14.6 Å². The van der Waals surface area contributed by atoms with Gasteiger partial charge in [0, 0.05) is 5.56 Å². The lowest BCUT2D eigenvalue weighted by molar-refractivity contribution is -0.322. The molecule has 25 heavy (non-hydrogen) atoms. The average molecular weight is 339 g/mol. The number of aliphatic carboxylic acids is 1. The number of carbonyl (C=O) groups is 1. The summed E-state index contributed by atoms with van der Waals surface area (Å²) in [5, 5.41) is 11.4. The van der Waals surface area contributed by atoms with E-state index in [0.717, 1.165) is 33.6 Å². The fraction of sp³-hybridized carbons (Fsp3) is 0.381. The van der Waals surface area contributed by atoms with Crippen molar-refractivity contribution in [3.8, 4) is 11.5 Å². The first kappa shape index (κ1) is 17.3. The minimum Gasteiger partial charge on any atom is -0.546 e. The number of rotatable bonds is 4. The van der Waals surface area contributed by atoms with Crippen LogP contribution in [0.4, 0.5) is 0 Å². The molecule has 0 saturated heterocycles. The highest BCUT2D eigenvalue weighted by molar-refractivity contribution is 5.76. The molecule has 0 bridgehead atoms. The Bertz CT molecular complexity index is 811. The van der Waals surface area contributed by atoms with E-state index in [9.17, 15) is 9.90 Å².